The van der Waals surface area contributed by atoms with Gasteiger partial charge in [0.2, 0.25) is 5.52 Å². The van der Waals surface area contributed by atoms with Crippen molar-refractivity contribution in [2.45, 2.75) is 37.6 Å². The van der Waals surface area contributed by atoms with Crippen molar-refractivity contribution in [1.82, 2.24) is 0 Å². The molecule has 2 N–H and O–H groups in total. The Morgan fingerprint density at radius 1 is 1.02 bits per heavy atom. The van der Waals surface area contributed by atoms with Crippen molar-refractivity contribution in [1.29, 1.82) is 0 Å². The minimum atomic E-state index is -4.09. The van der Waals surface area contributed by atoms with E-state index in [9.17, 15) is 25.9 Å². The van der Waals surface area contributed by atoms with Gasteiger partial charge in [0.05, 0.1) is 22.2 Å². The molecular weight excluding hydrogens is 668 g/mol. The summed E-state index contributed by atoms with van der Waals surface area (Å²) in [7, 11) is -8.17. The SMILES string of the molecule is CCC(/C=C1\Sc2ccc(Cl)cc2N1CCCS(=O)(=O)O)=C\c1sc2ccc(-c3cccs3)cc2[n+]1CCCS(=O)(=O)O. The number of fused-ring (bicyclic) bond motifs is 2. The molecule has 14 heteroatoms. The Labute approximate surface area is 268 Å². The van der Waals surface area contributed by atoms with Crippen molar-refractivity contribution in [3.63, 3.8) is 0 Å². The fourth-order valence-electron chi connectivity index (χ4n) is 4.82. The van der Waals surface area contributed by atoms with Gasteiger partial charge in [-0.25, -0.2) is 0 Å². The molecule has 2 aromatic heterocycles. The van der Waals surface area contributed by atoms with E-state index in [2.05, 4.69) is 47.9 Å². The number of aromatic nitrogens is 1. The summed E-state index contributed by atoms with van der Waals surface area (Å²) in [6, 6.07) is 16.0. The van der Waals surface area contributed by atoms with Gasteiger partial charge in [0.1, 0.15) is 4.70 Å². The lowest BCUT2D eigenvalue weighted by atomic mass is 10.1. The zero-order valence-corrected chi connectivity index (χ0v) is 28.0. The molecule has 0 radical (unpaired) electrons. The van der Waals surface area contributed by atoms with Crippen LogP contribution in [0.1, 0.15) is 31.2 Å². The van der Waals surface area contributed by atoms with Crippen LogP contribution >= 0.6 is 46.0 Å². The standard InChI is InChI=1S/C29H29ClN2O6S5/c1-2-20(17-29-32(12-5-15-43(36,37)38)24-19-22(30)8-10-27(24)41-29)16-28-31(11-4-14-42(33,34)35)23-18-21(7-9-26(23)40-28)25-6-3-13-39-25/h3,6-10,13,16-19H,2,4-5,11-12,14-15H2,1H3,(H-,33,34,35,36,37,38)/p+1. The second-order valence-electron chi connectivity index (χ2n) is 9.95. The second-order valence-corrected chi connectivity index (χ2v) is 16.6. The molecule has 2 aromatic carbocycles. The highest BCUT2D eigenvalue weighted by Gasteiger charge is 2.27. The number of hydrogen-bond acceptors (Lipinski definition) is 8. The van der Waals surface area contributed by atoms with Gasteiger partial charge in [-0.15, -0.1) is 11.3 Å². The van der Waals surface area contributed by atoms with Gasteiger partial charge in [-0.05, 0) is 65.8 Å². The second kappa shape index (κ2) is 13.4. The minimum absolute atomic E-state index is 0.241. The van der Waals surface area contributed by atoms with Gasteiger partial charge in [0.15, 0.2) is 6.54 Å². The summed E-state index contributed by atoms with van der Waals surface area (Å²) in [4.78, 5) is 4.17. The molecule has 0 atom stereocenters. The van der Waals surface area contributed by atoms with Crippen LogP contribution in [0.4, 0.5) is 5.69 Å². The van der Waals surface area contributed by atoms with Crippen LogP contribution in [0.25, 0.3) is 26.7 Å². The highest BCUT2D eigenvalue weighted by Crippen LogP contribution is 2.47. The van der Waals surface area contributed by atoms with E-state index in [0.717, 1.165) is 46.8 Å². The summed E-state index contributed by atoms with van der Waals surface area (Å²) in [5.41, 5.74) is 3.98. The van der Waals surface area contributed by atoms with Crippen LogP contribution in [0.3, 0.4) is 0 Å². The maximum Gasteiger partial charge on any atom is 0.265 e. The largest absolute Gasteiger partial charge is 0.335 e. The summed E-state index contributed by atoms with van der Waals surface area (Å²) in [6.45, 7) is 2.85. The number of allylic oxidation sites excluding steroid dienone is 2. The fraction of sp³-hybridized carbons (Fsp3) is 0.276. The van der Waals surface area contributed by atoms with Crippen molar-refractivity contribution < 1.29 is 30.5 Å². The number of nitrogens with zero attached hydrogens (tertiary/aromatic N) is 2. The quantitative estimate of drug-likeness (QED) is 0.116. The van der Waals surface area contributed by atoms with Crippen LogP contribution in [0.2, 0.25) is 5.02 Å². The smallest absolute Gasteiger partial charge is 0.265 e. The molecule has 0 spiro atoms. The minimum Gasteiger partial charge on any atom is -0.335 e. The van der Waals surface area contributed by atoms with Gasteiger partial charge < -0.3 is 4.90 Å². The van der Waals surface area contributed by atoms with Crippen molar-refractivity contribution >= 4 is 88.3 Å². The summed E-state index contributed by atoms with van der Waals surface area (Å²) >= 11 is 11.1. The number of anilines is 1. The molecule has 1 aliphatic heterocycles. The zero-order chi connectivity index (χ0) is 30.8. The van der Waals surface area contributed by atoms with Crippen LogP contribution < -0.4 is 9.47 Å². The third-order valence-electron chi connectivity index (χ3n) is 6.82. The molecule has 43 heavy (non-hydrogen) atoms. The van der Waals surface area contributed by atoms with E-state index in [4.69, 9.17) is 11.6 Å². The molecule has 1 aliphatic rings. The van der Waals surface area contributed by atoms with E-state index in [1.807, 2.05) is 34.5 Å². The van der Waals surface area contributed by atoms with Gasteiger partial charge in [0.25, 0.3) is 25.2 Å². The average molecular weight is 698 g/mol. The molecule has 8 nitrogen and oxygen atoms in total. The monoisotopic (exact) mass is 697 g/mol. The number of aryl methyl sites for hydroxylation is 1. The Morgan fingerprint density at radius 2 is 1.79 bits per heavy atom. The average Bonchev–Trinajstić information content (AvgIpc) is 3.65. The van der Waals surface area contributed by atoms with Gasteiger partial charge >= 0.3 is 0 Å². The highest BCUT2D eigenvalue weighted by molar-refractivity contribution is 8.03. The first-order valence-electron chi connectivity index (χ1n) is 13.5. The lowest BCUT2D eigenvalue weighted by Crippen LogP contribution is -2.36. The number of benzene rings is 2. The summed E-state index contributed by atoms with van der Waals surface area (Å²) in [6.07, 6.45) is 5.39. The number of hydrogen-bond donors (Lipinski definition) is 2. The molecule has 0 aliphatic carbocycles. The zero-order valence-electron chi connectivity index (χ0n) is 23.1. The molecule has 228 valence electrons. The summed E-state index contributed by atoms with van der Waals surface area (Å²) in [5, 5.41) is 4.47. The van der Waals surface area contributed by atoms with E-state index in [1.54, 1.807) is 34.4 Å². The lowest BCUT2D eigenvalue weighted by molar-refractivity contribution is -0.668. The Balaban J connectivity index is 1.53. The van der Waals surface area contributed by atoms with Gasteiger partial charge in [0, 0.05) is 39.9 Å². The first kappa shape index (κ1) is 32.2. The molecule has 0 amide bonds. The number of thiazole rings is 1. The van der Waals surface area contributed by atoms with Crippen LogP contribution in [0.15, 0.2) is 75.5 Å². The molecule has 0 saturated heterocycles. The Bertz CT molecular complexity index is 1920. The molecule has 0 fully saturated rings. The Morgan fingerprint density at radius 3 is 2.49 bits per heavy atom. The molecule has 5 rings (SSSR count). The normalized spacial score (nSPS) is 15.1. The van der Waals surface area contributed by atoms with Crippen LogP contribution in [-0.4, -0.2) is 44.0 Å². The molecule has 3 heterocycles. The topological polar surface area (TPSA) is 116 Å². The van der Waals surface area contributed by atoms with Crippen molar-refractivity contribution in [3.05, 3.63) is 80.6 Å². The first-order valence-corrected chi connectivity index (χ1v) is 19.6. The van der Waals surface area contributed by atoms with Crippen molar-refractivity contribution in [2.24, 2.45) is 0 Å². The third-order valence-corrected chi connectivity index (χ3v) is 11.8. The van der Waals surface area contributed by atoms with Crippen molar-refractivity contribution in [2.75, 3.05) is 23.0 Å². The molecule has 0 saturated carbocycles. The van der Waals surface area contributed by atoms with E-state index < -0.39 is 20.2 Å². The first-order chi connectivity index (χ1) is 20.4. The molecule has 0 bridgehead atoms. The number of thioether (sulfide) groups is 1. The Kier molecular flexibility index (Phi) is 10.0. The van der Waals surface area contributed by atoms with E-state index in [0.29, 0.717) is 24.5 Å². The highest BCUT2D eigenvalue weighted by atomic mass is 35.5. The predicted octanol–water partition coefficient (Wildman–Crippen LogP) is 7.37. The van der Waals surface area contributed by atoms with E-state index in [1.165, 1.54) is 0 Å². The maximum absolute atomic E-state index is 11.5. The van der Waals surface area contributed by atoms with Gasteiger partial charge in [-0.1, -0.05) is 53.8 Å². The molecule has 4 aromatic rings. The van der Waals surface area contributed by atoms with Crippen LogP contribution in [0.5, 0.6) is 0 Å². The summed E-state index contributed by atoms with van der Waals surface area (Å²) < 4.78 is 67.5. The van der Waals surface area contributed by atoms with Crippen molar-refractivity contribution in [3.8, 4) is 10.4 Å². The molecular formula is C29H30ClN2O6S5+. The van der Waals surface area contributed by atoms with E-state index in [-0.39, 0.29) is 24.3 Å². The maximum atomic E-state index is 11.5. The summed E-state index contributed by atoms with van der Waals surface area (Å²) in [5.74, 6) is -0.668. The number of halogens is 1. The fourth-order valence-corrected chi connectivity index (χ4v) is 8.99. The number of thiophene rings is 1. The van der Waals surface area contributed by atoms with Gasteiger partial charge in [-0.2, -0.15) is 21.4 Å². The van der Waals surface area contributed by atoms with Crippen LogP contribution in [-0.2, 0) is 26.8 Å². The number of rotatable bonds is 12. The Hall–Kier alpha value is -2.23. The van der Waals surface area contributed by atoms with Crippen LogP contribution in [0, 0.1) is 0 Å². The predicted molar refractivity (Wildman–Crippen MR) is 178 cm³/mol. The van der Waals surface area contributed by atoms with E-state index >= 15 is 0 Å². The molecule has 0 unspecified atom stereocenters. The lowest BCUT2D eigenvalue weighted by Gasteiger charge is -2.20. The van der Waals surface area contributed by atoms with Gasteiger partial charge in [-0.3, -0.25) is 9.11 Å². The third kappa shape index (κ3) is 8.28.